The molecule has 0 fully saturated rings. The van der Waals surface area contributed by atoms with E-state index in [1.54, 1.807) is 45.0 Å². The molecule has 58 radical (unpaired) electrons. The SMILES string of the molecule is C.CC(C)(C)OC(=O)N1CCOc2c(Cl)cc(N)cc21.CNC(=O)Nc1cc(Cl)c2c(c1)N(C(=O)OC(C)(C)C)CCO2.[B]B([B])B([B])B(B([B])[B])B(B(B(B([B])[B])B([B])[B])B(B([B])[B])B([B])[B])B(B(B(B([B])[B])B([B])[B])B(B([B])[B])B([B])[B])B(B(B([B])[B])B([B])[B])B(B([B])[B])B([B])[B]. The van der Waals surface area contributed by atoms with Crippen molar-refractivity contribution in [3.8, 4) is 11.5 Å². The number of carbonyl (C=O) groups is 3. The van der Waals surface area contributed by atoms with E-state index in [0.717, 1.165) is 0 Å². The van der Waals surface area contributed by atoms with Crippen LogP contribution in [0, 0.1) is 0 Å². The molecule has 406 valence electrons. The minimum atomic E-state index is -1.48. The second-order valence-electron chi connectivity index (χ2n) is 26.9. The van der Waals surface area contributed by atoms with Crippen molar-refractivity contribution in [3.05, 3.63) is 34.3 Å². The molecule has 2 aliphatic rings. The standard InChI is InChI=1S/C15H20ClN3O4.C13H17ClN2O3.CH4.B56/c1-15(2,3)23-14(21)19-5-6-22-12-10(16)7-9(8-11(12)19)18-13(20)17-4;1-13(2,3)19-12(17)16-4-5-18-11-9(14)6-8(15)7-10(11)16;;1-30(2)44(29)51(43(27)28)55(52(45(31(3)4)32(5)6)46(33(7)8)34(9)10)56(53(47(35(11)12)36(13)14)48(37(15)16)38(17)18)54(49(39(19)20)40(21)22)50(41(23)24)42(25)26/h7-8H,5-6H2,1-4H3,(H2,17,18,20);6-7H,4-5,15H2,1-3H3;1H4;. The predicted molar refractivity (Wildman–Crippen MR) is 492 cm³/mol. The molecule has 0 aromatic heterocycles. The van der Waals surface area contributed by atoms with Gasteiger partial charge >= 0.3 is 18.2 Å². The van der Waals surface area contributed by atoms with Crippen LogP contribution in [0.5, 0.6) is 11.5 Å². The number of halogens is 2. The number of anilines is 4. The number of urea groups is 1. The summed E-state index contributed by atoms with van der Waals surface area (Å²) in [7, 11) is 191. The van der Waals surface area contributed by atoms with Crippen molar-refractivity contribution in [2.75, 3.05) is 54.2 Å². The van der Waals surface area contributed by atoms with Gasteiger partial charge in [-0.25, -0.2) is 14.4 Å². The highest BCUT2D eigenvalue weighted by Crippen LogP contribution is 2.42. The zero-order chi connectivity index (χ0) is 76.0. The van der Waals surface area contributed by atoms with Gasteiger partial charge in [0.2, 0.25) is 0 Å². The Bertz CT molecular complexity index is 2650. The molecule has 2 heterocycles. The van der Waals surface area contributed by atoms with E-state index in [1.807, 2.05) is 20.8 Å². The molecule has 2 aliphatic heterocycles. The van der Waals surface area contributed by atoms with E-state index in [0.29, 0.717) is 70.6 Å². The molecule has 4 rings (SSSR count). The van der Waals surface area contributed by atoms with E-state index in [9.17, 15) is 14.4 Å². The van der Waals surface area contributed by atoms with Crippen molar-refractivity contribution in [1.82, 2.24) is 5.32 Å². The first-order valence-electron chi connectivity index (χ1n) is 31.5. The van der Waals surface area contributed by atoms with E-state index in [4.69, 9.17) is 272 Å². The lowest BCUT2D eigenvalue weighted by Crippen LogP contribution is -2.96. The molecule has 0 bridgehead atoms. The van der Waals surface area contributed by atoms with Gasteiger partial charge in [-0.1, -0.05) is 30.6 Å². The molecule has 0 saturated heterocycles. The third kappa shape index (κ3) is 27.8. The molecule has 4 amide bonds. The minimum absolute atomic E-state index is 0. The van der Waals surface area contributed by atoms with Crippen LogP contribution in [0.25, 0.3) is 0 Å². The van der Waals surface area contributed by atoms with Crippen LogP contribution in [0.1, 0.15) is 49.0 Å². The van der Waals surface area contributed by atoms with Crippen LogP contribution < -0.4 is 35.6 Å². The maximum absolute atomic E-state index is 12.4. The first kappa shape index (κ1) is 96.9. The predicted octanol–water partition coefficient (Wildman–Crippen LogP) is -14.4. The summed E-state index contributed by atoms with van der Waals surface area (Å²) in [5.74, 6) is 0.860. The van der Waals surface area contributed by atoms with Crippen LogP contribution >= 0.6 is 23.2 Å². The van der Waals surface area contributed by atoms with Gasteiger partial charge in [-0.15, -0.1) is 0 Å². The fraction of sp³-hybridized carbons (Fsp3) is 0.483. The normalized spacial score (nSPS) is 11.5. The molecule has 0 aliphatic carbocycles. The van der Waals surface area contributed by atoms with Crippen molar-refractivity contribution in [2.24, 2.45) is 0 Å². The maximum atomic E-state index is 12.4. The minimum Gasteiger partial charge on any atom is -0.488 e. The lowest BCUT2D eigenvalue weighted by molar-refractivity contribution is 0.0557. The second-order valence-corrected chi connectivity index (χ2v) is 27.7. The summed E-state index contributed by atoms with van der Waals surface area (Å²) in [6.07, 6.45) is -38.1. The van der Waals surface area contributed by atoms with E-state index in [1.165, 1.54) is 16.8 Å². The number of rotatable bonds is 27. The Morgan fingerprint density at radius 1 is 0.414 bits per heavy atom. The zero-order valence-electron chi connectivity index (χ0n) is 57.1. The van der Waals surface area contributed by atoms with Crippen molar-refractivity contribution in [2.45, 2.75) is 60.2 Å². The average Bonchev–Trinajstić information content (AvgIpc) is 0.730. The number of nitrogens with one attached hydrogen (secondary N) is 2. The number of hydrogen-bond donors (Lipinski definition) is 3. The number of fused-ring (bicyclic) bond motifs is 2. The van der Waals surface area contributed by atoms with Crippen LogP contribution in [0.3, 0.4) is 0 Å². The zero-order valence-corrected chi connectivity index (χ0v) is 58.6. The van der Waals surface area contributed by atoms with Gasteiger partial charge in [0.15, 0.2) is 11.5 Å². The van der Waals surface area contributed by atoms with Crippen LogP contribution in [0.15, 0.2) is 24.3 Å². The van der Waals surface area contributed by atoms with Crippen molar-refractivity contribution < 1.29 is 33.3 Å². The van der Waals surface area contributed by atoms with Crippen LogP contribution in [0.4, 0.5) is 37.1 Å². The largest absolute Gasteiger partial charge is 0.488 e. The van der Waals surface area contributed by atoms with Gasteiger partial charge in [0.25, 0.3) is 0 Å². The van der Waals surface area contributed by atoms with Crippen molar-refractivity contribution in [1.29, 1.82) is 0 Å². The highest BCUT2D eigenvalue weighted by atomic mass is 35.5. The molecule has 4 N–H and O–H groups in total. The summed E-state index contributed by atoms with van der Waals surface area (Å²) in [5, 5.41) is 5.77. The number of benzene rings is 2. The Hall–Kier alpha value is -0.134. The highest BCUT2D eigenvalue weighted by Gasteiger charge is 2.62. The number of nitrogens with two attached hydrogens (primary N) is 1. The molecule has 0 atom stereocenters. The average molecular weight is 1250 g/mol. The third-order valence-electron chi connectivity index (χ3n) is 17.0. The molecule has 0 spiro atoms. The first-order valence-corrected chi connectivity index (χ1v) is 32.3. The lowest BCUT2D eigenvalue weighted by Gasteiger charge is -2.58. The Labute approximate surface area is 654 Å². The van der Waals surface area contributed by atoms with Crippen molar-refractivity contribution >= 4 is 461 Å². The fourth-order valence-corrected chi connectivity index (χ4v) is 13.9. The van der Waals surface area contributed by atoms with Gasteiger partial charge < -0.3 is 35.3 Å². The van der Waals surface area contributed by atoms with E-state index in [2.05, 4.69) is 10.6 Å². The molecule has 0 saturated carbocycles. The molecule has 12 nitrogen and oxygen atoms in total. The van der Waals surface area contributed by atoms with Crippen LogP contribution in [0.2, 0.25) is 10.0 Å². The summed E-state index contributed by atoms with van der Waals surface area (Å²) in [6, 6.07) is 6.05. The Morgan fingerprint density at radius 2 is 0.667 bits per heavy atom. The number of nitrogen functional groups attached to an aromatic ring is 1. The Morgan fingerprint density at radius 3 is 0.919 bits per heavy atom. The summed E-state index contributed by atoms with van der Waals surface area (Å²) >= 11 is 12.3. The highest BCUT2D eigenvalue weighted by molar-refractivity contribution is 8.37. The summed E-state index contributed by atoms with van der Waals surface area (Å²) in [6.45, 7) is 12.3. The van der Waals surface area contributed by atoms with E-state index < -0.39 is 196 Å². The molecule has 0 unspecified atom stereocenters. The van der Waals surface area contributed by atoms with Gasteiger partial charge in [-0.2, -0.15) is 0 Å². The molecular weight excluding hydrogens is 1210 g/mol. The number of ether oxygens (including phenoxy) is 4. The topological polar surface area (TPSA) is 145 Å². The maximum Gasteiger partial charge on any atom is 0.415 e. The summed E-state index contributed by atoms with van der Waals surface area (Å²) in [4.78, 5) is 38.9. The first-order chi connectivity index (χ1) is 44.9. The van der Waals surface area contributed by atoms with E-state index >= 15 is 0 Å². The lowest BCUT2D eigenvalue weighted by atomic mass is 8.23. The quantitative estimate of drug-likeness (QED) is 0.0592. The van der Waals surface area contributed by atoms with Gasteiger partial charge in [0, 0.05) is 415 Å². The van der Waals surface area contributed by atoms with Gasteiger partial charge in [-0.05, 0) is 65.8 Å². The molecule has 70 heteroatoms. The Kier molecular flexibility index (Phi) is 42.2. The molecule has 2 aromatic carbocycles. The number of hydrogen-bond acceptors (Lipinski definition) is 8. The summed E-state index contributed by atoms with van der Waals surface area (Å²) < 4.78 is 21.8. The third-order valence-corrected chi connectivity index (χ3v) is 17.6. The fourth-order valence-electron chi connectivity index (χ4n) is 13.4. The number of amides is 4. The molecular formula is C29H41B56Cl2N5O7. The molecule has 2 aromatic rings. The Balaban J connectivity index is 0.000000913. The van der Waals surface area contributed by atoms with Gasteiger partial charge in [0.05, 0.1) is 34.5 Å². The second kappa shape index (κ2) is 43.2. The number of nitrogens with zero attached hydrogens (tertiary/aromatic N) is 2. The monoisotopic (exact) mass is 1260 g/mol. The van der Waals surface area contributed by atoms with Crippen molar-refractivity contribution in [3.63, 3.8) is 0 Å². The van der Waals surface area contributed by atoms with Gasteiger partial charge in [0.1, 0.15) is 24.4 Å². The summed E-state index contributed by atoms with van der Waals surface area (Å²) in [5.41, 5.74) is 6.52. The smallest absolute Gasteiger partial charge is 0.415 e. The molecule has 99 heavy (non-hydrogen) atoms. The number of carbonyl (C=O) groups excluding carboxylic acids is 3. The van der Waals surface area contributed by atoms with Crippen LogP contribution in [-0.4, -0.2) is 460 Å². The van der Waals surface area contributed by atoms with E-state index in [-0.39, 0.29) is 13.5 Å². The van der Waals surface area contributed by atoms with Gasteiger partial charge in [-0.3, -0.25) is 9.80 Å². The van der Waals surface area contributed by atoms with Crippen LogP contribution in [-0.2, 0) is 9.47 Å².